The fourth-order valence-electron chi connectivity index (χ4n) is 2.49. The van der Waals surface area contributed by atoms with E-state index >= 15 is 0 Å². The van der Waals surface area contributed by atoms with Crippen molar-refractivity contribution in [3.63, 3.8) is 0 Å². The first-order valence-corrected chi connectivity index (χ1v) is 6.56. The molecule has 1 aromatic heterocycles. The Kier molecular flexibility index (Phi) is 4.19. The second-order valence-electron chi connectivity index (χ2n) is 5.05. The van der Waals surface area contributed by atoms with E-state index in [0.717, 1.165) is 12.8 Å². The van der Waals surface area contributed by atoms with Crippen molar-refractivity contribution in [3.05, 3.63) is 18.7 Å². The molecule has 1 aliphatic heterocycles. The molecule has 19 heavy (non-hydrogen) atoms. The second kappa shape index (κ2) is 5.86. The largest absolute Gasteiger partial charge is 0.481 e. The average Bonchev–Trinajstić information content (AvgIpc) is 2.91. The highest BCUT2D eigenvalue weighted by atomic mass is 16.4. The zero-order valence-electron chi connectivity index (χ0n) is 11.0. The zero-order chi connectivity index (χ0) is 13.8. The van der Waals surface area contributed by atoms with Gasteiger partial charge >= 0.3 is 5.97 Å². The minimum atomic E-state index is -0.753. The lowest BCUT2D eigenvalue weighted by Gasteiger charge is -2.33. The van der Waals surface area contributed by atoms with Gasteiger partial charge in [-0.3, -0.25) is 9.59 Å². The molecule has 1 aromatic rings. The van der Waals surface area contributed by atoms with E-state index in [0.29, 0.717) is 13.1 Å². The lowest BCUT2D eigenvalue weighted by Crippen LogP contribution is -2.41. The fraction of sp³-hybridized carbons (Fsp3) is 0.615. The summed E-state index contributed by atoms with van der Waals surface area (Å²) in [7, 11) is 0. The van der Waals surface area contributed by atoms with Gasteiger partial charge in [-0.25, -0.2) is 4.98 Å². The van der Waals surface area contributed by atoms with Gasteiger partial charge in [-0.2, -0.15) is 0 Å². The molecule has 1 aliphatic rings. The van der Waals surface area contributed by atoms with Gasteiger partial charge in [-0.1, -0.05) is 0 Å². The van der Waals surface area contributed by atoms with Gasteiger partial charge in [0, 0.05) is 31.9 Å². The van der Waals surface area contributed by atoms with Crippen molar-refractivity contribution in [3.8, 4) is 0 Å². The van der Waals surface area contributed by atoms with E-state index in [1.807, 2.05) is 11.8 Å². The first-order chi connectivity index (χ1) is 9.08. The number of hydrogen-bond acceptors (Lipinski definition) is 3. The smallest absolute Gasteiger partial charge is 0.303 e. The van der Waals surface area contributed by atoms with Crippen LogP contribution in [0, 0.1) is 5.92 Å². The maximum absolute atomic E-state index is 12.3. The lowest BCUT2D eigenvalue weighted by atomic mass is 9.93. The van der Waals surface area contributed by atoms with Crippen LogP contribution in [-0.4, -0.2) is 44.5 Å². The van der Waals surface area contributed by atoms with Crippen molar-refractivity contribution < 1.29 is 14.7 Å². The number of aliphatic carboxylic acids is 1. The lowest BCUT2D eigenvalue weighted by molar-refractivity contribution is -0.139. The molecule has 2 rings (SSSR count). The van der Waals surface area contributed by atoms with Crippen LogP contribution >= 0.6 is 0 Å². The van der Waals surface area contributed by atoms with Crippen molar-refractivity contribution in [1.82, 2.24) is 14.5 Å². The van der Waals surface area contributed by atoms with Crippen LogP contribution in [0.4, 0.5) is 0 Å². The molecule has 0 aliphatic carbocycles. The van der Waals surface area contributed by atoms with Gasteiger partial charge in [-0.05, 0) is 25.7 Å². The molecule has 1 saturated heterocycles. The topological polar surface area (TPSA) is 75.4 Å². The van der Waals surface area contributed by atoms with Crippen LogP contribution in [0.25, 0.3) is 0 Å². The third kappa shape index (κ3) is 3.33. The summed E-state index contributed by atoms with van der Waals surface area (Å²) in [6.07, 6.45) is 6.82. The Morgan fingerprint density at radius 1 is 1.42 bits per heavy atom. The number of hydrogen-bond donors (Lipinski definition) is 1. The van der Waals surface area contributed by atoms with E-state index in [1.165, 1.54) is 0 Å². The molecule has 2 heterocycles. The molecular weight excluding hydrogens is 246 g/mol. The van der Waals surface area contributed by atoms with Crippen molar-refractivity contribution in [2.75, 3.05) is 13.1 Å². The Bertz CT molecular complexity index is 436. The van der Waals surface area contributed by atoms with Crippen LogP contribution in [0.1, 0.15) is 32.2 Å². The van der Waals surface area contributed by atoms with E-state index in [1.54, 1.807) is 23.3 Å². The Hall–Kier alpha value is -1.85. The number of amides is 1. The summed E-state index contributed by atoms with van der Waals surface area (Å²) >= 11 is 0. The molecule has 0 radical (unpaired) electrons. The van der Waals surface area contributed by atoms with Gasteiger partial charge in [0.1, 0.15) is 6.04 Å². The van der Waals surface area contributed by atoms with E-state index in [-0.39, 0.29) is 24.3 Å². The van der Waals surface area contributed by atoms with Gasteiger partial charge in [0.2, 0.25) is 5.91 Å². The highest BCUT2D eigenvalue weighted by Crippen LogP contribution is 2.22. The van der Waals surface area contributed by atoms with Gasteiger partial charge < -0.3 is 14.6 Å². The van der Waals surface area contributed by atoms with Gasteiger partial charge in [0.15, 0.2) is 0 Å². The first-order valence-electron chi connectivity index (χ1n) is 6.56. The summed E-state index contributed by atoms with van der Waals surface area (Å²) in [5.41, 5.74) is 0. The van der Waals surface area contributed by atoms with Crippen LogP contribution in [0.3, 0.4) is 0 Å². The predicted molar refractivity (Wildman–Crippen MR) is 68.5 cm³/mol. The fourth-order valence-corrected chi connectivity index (χ4v) is 2.49. The number of rotatable bonds is 4. The van der Waals surface area contributed by atoms with Crippen molar-refractivity contribution in [2.45, 2.75) is 32.2 Å². The normalized spacial score (nSPS) is 18.3. The molecule has 0 saturated carbocycles. The minimum absolute atomic E-state index is 0.0757. The number of aromatic nitrogens is 2. The molecule has 0 bridgehead atoms. The molecule has 0 spiro atoms. The number of carbonyl (C=O) groups excluding carboxylic acids is 1. The van der Waals surface area contributed by atoms with E-state index < -0.39 is 5.97 Å². The minimum Gasteiger partial charge on any atom is -0.481 e. The van der Waals surface area contributed by atoms with E-state index in [2.05, 4.69) is 4.98 Å². The molecule has 6 nitrogen and oxygen atoms in total. The molecular formula is C13H19N3O3. The number of carboxylic acid groups (broad SMARTS) is 1. The predicted octanol–water partition coefficient (Wildman–Crippen LogP) is 1.16. The van der Waals surface area contributed by atoms with Crippen LogP contribution in [0.15, 0.2) is 18.7 Å². The van der Waals surface area contributed by atoms with Crippen LogP contribution < -0.4 is 0 Å². The molecule has 1 N–H and O–H groups in total. The van der Waals surface area contributed by atoms with Crippen LogP contribution in [0.2, 0.25) is 0 Å². The summed E-state index contributed by atoms with van der Waals surface area (Å²) in [5, 5.41) is 8.76. The quantitative estimate of drug-likeness (QED) is 0.886. The molecule has 0 aromatic carbocycles. The molecule has 1 atom stereocenters. The van der Waals surface area contributed by atoms with Gasteiger partial charge in [0.25, 0.3) is 0 Å². The SMILES string of the molecule is C[C@H](C(=O)N1CCC(CC(=O)O)CC1)n1ccnc1. The van der Waals surface area contributed by atoms with Gasteiger partial charge in [0.05, 0.1) is 6.33 Å². The molecule has 1 fully saturated rings. The standard InChI is InChI=1S/C13H19N3O3/c1-10(16-7-4-14-9-16)13(19)15-5-2-11(3-6-15)8-12(17)18/h4,7,9-11H,2-3,5-6,8H2,1H3,(H,17,18)/t10-/m1/s1. The summed E-state index contributed by atoms with van der Waals surface area (Å²) < 4.78 is 1.78. The highest BCUT2D eigenvalue weighted by Gasteiger charge is 2.27. The Labute approximate surface area is 112 Å². The summed E-state index contributed by atoms with van der Waals surface area (Å²) in [5.74, 6) is -0.478. The third-order valence-electron chi connectivity index (χ3n) is 3.72. The number of carboxylic acids is 1. The average molecular weight is 265 g/mol. The molecule has 1 amide bonds. The maximum atomic E-state index is 12.3. The monoisotopic (exact) mass is 265 g/mol. The highest BCUT2D eigenvalue weighted by molar-refractivity contribution is 5.80. The van der Waals surface area contributed by atoms with Crippen LogP contribution in [-0.2, 0) is 9.59 Å². The van der Waals surface area contributed by atoms with Gasteiger partial charge in [-0.15, -0.1) is 0 Å². The molecule has 0 unspecified atom stereocenters. The number of imidazole rings is 1. The van der Waals surface area contributed by atoms with Crippen molar-refractivity contribution >= 4 is 11.9 Å². The maximum Gasteiger partial charge on any atom is 0.303 e. The molecule has 6 heteroatoms. The Balaban J connectivity index is 1.87. The van der Waals surface area contributed by atoms with Crippen molar-refractivity contribution in [2.24, 2.45) is 5.92 Å². The number of nitrogens with zero attached hydrogens (tertiary/aromatic N) is 3. The van der Waals surface area contributed by atoms with Crippen LogP contribution in [0.5, 0.6) is 0 Å². The van der Waals surface area contributed by atoms with E-state index in [4.69, 9.17) is 5.11 Å². The zero-order valence-corrected chi connectivity index (χ0v) is 11.0. The Morgan fingerprint density at radius 2 is 2.11 bits per heavy atom. The summed E-state index contributed by atoms with van der Waals surface area (Å²) in [6, 6.07) is -0.251. The number of carbonyl (C=O) groups is 2. The van der Waals surface area contributed by atoms with E-state index in [9.17, 15) is 9.59 Å². The third-order valence-corrected chi connectivity index (χ3v) is 3.72. The molecule has 104 valence electrons. The Morgan fingerprint density at radius 3 is 2.63 bits per heavy atom. The van der Waals surface area contributed by atoms with Crippen molar-refractivity contribution in [1.29, 1.82) is 0 Å². The number of piperidine rings is 1. The summed E-state index contributed by atoms with van der Waals surface area (Å²) in [6.45, 7) is 3.15. The first kappa shape index (κ1) is 13.6. The summed E-state index contributed by atoms with van der Waals surface area (Å²) in [4.78, 5) is 28.7. The number of likely N-dealkylation sites (tertiary alicyclic amines) is 1. The second-order valence-corrected chi connectivity index (χ2v) is 5.05.